The molecule has 2 aliphatic heterocycles. The molecule has 0 radical (unpaired) electrons. The molecule has 4 atom stereocenters. The zero-order valence-electron chi connectivity index (χ0n) is 15.8. The maximum absolute atomic E-state index is 13.6. The molecule has 2 unspecified atom stereocenters. The van der Waals surface area contributed by atoms with Crippen molar-refractivity contribution in [2.45, 2.75) is 60.5 Å². The highest BCUT2D eigenvalue weighted by Crippen LogP contribution is 2.46. The fraction of sp³-hybridized carbons (Fsp3) is 0.429. The van der Waals surface area contributed by atoms with Crippen molar-refractivity contribution in [3.8, 4) is 0 Å². The van der Waals surface area contributed by atoms with E-state index in [0.29, 0.717) is 24.0 Å². The van der Waals surface area contributed by atoms with Crippen LogP contribution in [0.15, 0.2) is 52.3 Å². The van der Waals surface area contributed by atoms with Crippen LogP contribution in [0.3, 0.4) is 0 Å². The van der Waals surface area contributed by atoms with E-state index in [4.69, 9.17) is 0 Å². The monoisotopic (exact) mass is 388 g/mol. The van der Waals surface area contributed by atoms with Gasteiger partial charge in [-0.25, -0.2) is 12.8 Å². The molecule has 0 saturated carbocycles. The van der Waals surface area contributed by atoms with Crippen LogP contribution in [0.2, 0.25) is 0 Å². The first kappa shape index (κ1) is 18.4. The van der Waals surface area contributed by atoms with Gasteiger partial charge >= 0.3 is 0 Å². The van der Waals surface area contributed by atoms with Crippen LogP contribution < -0.4 is 10.2 Å². The van der Waals surface area contributed by atoms with Crippen LogP contribution in [0.5, 0.6) is 0 Å². The molecule has 2 aromatic rings. The summed E-state index contributed by atoms with van der Waals surface area (Å²) >= 11 is 0. The van der Waals surface area contributed by atoms with Crippen molar-refractivity contribution in [3.05, 3.63) is 53.8 Å². The first-order valence-electron chi connectivity index (χ1n) is 9.41. The average Bonchev–Trinajstić information content (AvgIpc) is 2.76. The van der Waals surface area contributed by atoms with E-state index < -0.39 is 15.7 Å². The molecular weight excluding hydrogens is 363 g/mol. The summed E-state index contributed by atoms with van der Waals surface area (Å²) in [4.78, 5) is 2.52. The Balaban J connectivity index is 1.78. The Kier molecular flexibility index (Phi) is 4.51. The smallest absolute Gasteiger partial charge is 0.206 e. The zero-order chi connectivity index (χ0) is 19.3. The van der Waals surface area contributed by atoms with Crippen molar-refractivity contribution in [2.24, 2.45) is 0 Å². The molecule has 1 saturated heterocycles. The summed E-state index contributed by atoms with van der Waals surface area (Å²) in [6, 6.07) is 11.7. The van der Waals surface area contributed by atoms with Crippen molar-refractivity contribution >= 4 is 15.5 Å². The molecule has 2 aliphatic rings. The molecule has 0 aromatic heterocycles. The third kappa shape index (κ3) is 3.15. The molecule has 0 bridgehead atoms. The van der Waals surface area contributed by atoms with Gasteiger partial charge in [0.25, 0.3) is 0 Å². The standard InChI is InChI=1S/C21H25FN2O2S/c1-13-9-18-19-12-17(27(25,26)16-6-4-5-15(22)11-16)7-8-20(19)24(3)21(18)10-14(2)23-13/h4-8,11-14,18,21,23H,9-10H2,1-3H3/t13?,14?,18-,21+/m1/s1. The van der Waals surface area contributed by atoms with Gasteiger partial charge in [-0.05, 0) is 68.7 Å². The summed E-state index contributed by atoms with van der Waals surface area (Å²) in [7, 11) is -1.66. The van der Waals surface area contributed by atoms with E-state index in [1.54, 1.807) is 12.1 Å². The number of nitrogens with one attached hydrogen (secondary N) is 1. The van der Waals surface area contributed by atoms with E-state index in [2.05, 4.69) is 31.1 Å². The van der Waals surface area contributed by atoms with Gasteiger partial charge in [0, 0.05) is 36.8 Å². The minimum Gasteiger partial charge on any atom is -0.371 e. The summed E-state index contributed by atoms with van der Waals surface area (Å²) in [5.41, 5.74) is 2.19. The van der Waals surface area contributed by atoms with Gasteiger partial charge < -0.3 is 10.2 Å². The number of benzene rings is 2. The first-order valence-corrected chi connectivity index (χ1v) is 10.9. The van der Waals surface area contributed by atoms with Gasteiger partial charge in [0.05, 0.1) is 9.79 Å². The maximum atomic E-state index is 13.6. The molecule has 0 spiro atoms. The summed E-state index contributed by atoms with van der Waals surface area (Å²) in [6.45, 7) is 4.39. The van der Waals surface area contributed by atoms with Gasteiger partial charge in [-0.15, -0.1) is 0 Å². The number of nitrogens with zero attached hydrogens (tertiary/aromatic N) is 1. The largest absolute Gasteiger partial charge is 0.371 e. The van der Waals surface area contributed by atoms with E-state index in [9.17, 15) is 12.8 Å². The van der Waals surface area contributed by atoms with Crippen LogP contribution in [0.4, 0.5) is 10.1 Å². The summed E-state index contributed by atoms with van der Waals surface area (Å²) in [5.74, 6) is -0.255. The minimum absolute atomic E-state index is 0.00475. The van der Waals surface area contributed by atoms with Gasteiger partial charge in [-0.1, -0.05) is 6.07 Å². The number of hydrogen-bond acceptors (Lipinski definition) is 4. The molecule has 4 nitrogen and oxygen atoms in total. The van der Waals surface area contributed by atoms with Gasteiger partial charge in [-0.2, -0.15) is 0 Å². The van der Waals surface area contributed by atoms with Crippen molar-refractivity contribution in [3.63, 3.8) is 0 Å². The summed E-state index contributed by atoms with van der Waals surface area (Å²) in [5, 5.41) is 3.61. The van der Waals surface area contributed by atoms with Gasteiger partial charge in [-0.3, -0.25) is 0 Å². The van der Waals surface area contributed by atoms with Crippen molar-refractivity contribution in [1.29, 1.82) is 0 Å². The highest BCUT2D eigenvalue weighted by atomic mass is 32.2. The van der Waals surface area contributed by atoms with E-state index in [1.165, 1.54) is 18.2 Å². The predicted molar refractivity (Wildman–Crippen MR) is 105 cm³/mol. The topological polar surface area (TPSA) is 49.4 Å². The highest BCUT2D eigenvalue weighted by molar-refractivity contribution is 7.91. The maximum Gasteiger partial charge on any atom is 0.206 e. The Morgan fingerprint density at radius 1 is 1.04 bits per heavy atom. The lowest BCUT2D eigenvalue weighted by atomic mass is 9.88. The molecule has 0 amide bonds. The molecule has 0 aliphatic carbocycles. The first-order chi connectivity index (χ1) is 12.8. The number of hydrogen-bond donors (Lipinski definition) is 1. The van der Waals surface area contributed by atoms with Crippen LogP contribution >= 0.6 is 0 Å². The zero-order valence-corrected chi connectivity index (χ0v) is 16.6. The molecule has 144 valence electrons. The van der Waals surface area contributed by atoms with E-state index in [1.807, 2.05) is 6.07 Å². The van der Waals surface area contributed by atoms with Crippen LogP contribution in [-0.2, 0) is 9.84 Å². The molecule has 27 heavy (non-hydrogen) atoms. The van der Waals surface area contributed by atoms with E-state index in [-0.39, 0.29) is 9.79 Å². The molecule has 2 aromatic carbocycles. The second kappa shape index (κ2) is 6.60. The molecule has 1 fully saturated rings. The Labute approximate surface area is 160 Å². The minimum atomic E-state index is -3.75. The van der Waals surface area contributed by atoms with Gasteiger partial charge in [0.1, 0.15) is 5.82 Å². The molecule has 4 rings (SSSR count). The highest BCUT2D eigenvalue weighted by Gasteiger charge is 2.40. The van der Waals surface area contributed by atoms with Crippen molar-refractivity contribution in [2.75, 3.05) is 11.9 Å². The molecule has 2 heterocycles. The number of sulfone groups is 1. The SMILES string of the molecule is CC1C[C@@H]2c3cc(S(=O)(=O)c4cccc(F)c4)ccc3N(C)[C@H]2CC(C)N1. The number of fused-ring (bicyclic) bond motifs is 3. The predicted octanol–water partition coefficient (Wildman–Crippen LogP) is 3.72. The van der Waals surface area contributed by atoms with Crippen LogP contribution in [0, 0.1) is 5.82 Å². The summed E-state index contributed by atoms with van der Waals surface area (Å²) in [6.07, 6.45) is 1.99. The van der Waals surface area contributed by atoms with Gasteiger partial charge in [0.2, 0.25) is 9.84 Å². The van der Waals surface area contributed by atoms with E-state index in [0.717, 1.165) is 30.2 Å². The second-order valence-electron chi connectivity index (χ2n) is 7.91. The second-order valence-corrected chi connectivity index (χ2v) is 9.86. The average molecular weight is 389 g/mol. The Morgan fingerprint density at radius 3 is 2.48 bits per heavy atom. The number of likely N-dealkylation sites (N-methyl/N-ethyl adjacent to an activating group) is 1. The number of anilines is 1. The van der Waals surface area contributed by atoms with Crippen molar-refractivity contribution in [1.82, 2.24) is 5.32 Å². The lowest BCUT2D eigenvalue weighted by molar-refractivity contribution is 0.466. The fourth-order valence-electron chi connectivity index (χ4n) is 4.72. The van der Waals surface area contributed by atoms with Gasteiger partial charge in [0.15, 0.2) is 0 Å². The normalized spacial score (nSPS) is 27.8. The molecule has 6 heteroatoms. The Hall–Kier alpha value is -1.92. The van der Waals surface area contributed by atoms with Crippen LogP contribution in [0.1, 0.15) is 38.2 Å². The Morgan fingerprint density at radius 2 is 1.74 bits per heavy atom. The van der Waals surface area contributed by atoms with Crippen LogP contribution in [-0.4, -0.2) is 33.6 Å². The summed E-state index contributed by atoms with van der Waals surface area (Å²) < 4.78 is 39.6. The lowest BCUT2D eigenvalue weighted by Crippen LogP contribution is -2.36. The third-order valence-electron chi connectivity index (χ3n) is 5.93. The Bertz CT molecular complexity index is 976. The molecule has 1 N–H and O–H groups in total. The third-order valence-corrected chi connectivity index (χ3v) is 7.68. The number of halogens is 1. The fourth-order valence-corrected chi connectivity index (χ4v) is 6.04. The molecular formula is C21H25FN2O2S. The van der Waals surface area contributed by atoms with Crippen LogP contribution in [0.25, 0.3) is 0 Å². The van der Waals surface area contributed by atoms with Crippen molar-refractivity contribution < 1.29 is 12.8 Å². The van der Waals surface area contributed by atoms with E-state index >= 15 is 0 Å². The lowest BCUT2D eigenvalue weighted by Gasteiger charge is -2.26. The number of rotatable bonds is 2. The quantitative estimate of drug-likeness (QED) is 0.852.